The maximum Gasteiger partial charge on any atom is 0.355 e. The number of hydrogen-bond donors (Lipinski definition) is 2. The molecule has 140 valence electrons. The van der Waals surface area contributed by atoms with E-state index < -0.39 is 6.03 Å². The average molecular weight is 376 g/mol. The van der Waals surface area contributed by atoms with Crippen molar-refractivity contribution in [1.82, 2.24) is 10.9 Å². The van der Waals surface area contributed by atoms with Crippen LogP contribution in [0.15, 0.2) is 58.7 Å². The molecule has 0 aliphatic carbocycles. The van der Waals surface area contributed by atoms with Gasteiger partial charge in [-0.15, -0.1) is 0 Å². The van der Waals surface area contributed by atoms with Gasteiger partial charge in [-0.2, -0.15) is 20.7 Å². The molecule has 0 heterocycles. The molecule has 0 atom stereocenters. The van der Waals surface area contributed by atoms with Gasteiger partial charge in [0.1, 0.15) is 23.6 Å². The molecule has 0 aromatic heterocycles. The van der Waals surface area contributed by atoms with E-state index in [1.165, 1.54) is 12.4 Å². The third kappa shape index (κ3) is 6.50. The minimum atomic E-state index is -0.654. The van der Waals surface area contributed by atoms with Crippen molar-refractivity contribution in [3.05, 3.63) is 59.7 Å². The van der Waals surface area contributed by atoms with Crippen LogP contribution < -0.4 is 20.3 Å². The Bertz CT molecular complexity index is 868. The van der Waals surface area contributed by atoms with E-state index in [-0.39, 0.29) is 13.2 Å². The van der Waals surface area contributed by atoms with Crippen molar-refractivity contribution in [2.45, 2.75) is 0 Å². The highest BCUT2D eigenvalue weighted by molar-refractivity contribution is 5.86. The summed E-state index contributed by atoms with van der Waals surface area (Å²) in [6, 6.07) is 17.0. The summed E-state index contributed by atoms with van der Waals surface area (Å²) in [5, 5.41) is 24.8. The van der Waals surface area contributed by atoms with E-state index in [1.54, 1.807) is 48.5 Å². The van der Waals surface area contributed by atoms with Crippen molar-refractivity contribution in [3.63, 3.8) is 0 Å². The Balaban J connectivity index is 1.89. The van der Waals surface area contributed by atoms with Crippen molar-refractivity contribution in [3.8, 4) is 23.6 Å². The molecule has 2 amide bonds. The molecule has 0 saturated heterocycles. The van der Waals surface area contributed by atoms with Crippen molar-refractivity contribution in [2.24, 2.45) is 10.2 Å². The van der Waals surface area contributed by atoms with Crippen LogP contribution >= 0.6 is 0 Å². The number of nitrogens with one attached hydrogen (secondary N) is 2. The van der Waals surface area contributed by atoms with Crippen LogP contribution in [-0.4, -0.2) is 31.7 Å². The second-order valence-electron chi connectivity index (χ2n) is 5.04. The average Bonchev–Trinajstić information content (AvgIpc) is 2.72. The number of benzene rings is 2. The zero-order chi connectivity index (χ0) is 20.0. The lowest BCUT2D eigenvalue weighted by molar-refractivity contribution is 0.242. The fourth-order valence-corrected chi connectivity index (χ4v) is 2.00. The first kappa shape index (κ1) is 19.9. The SMILES string of the molecule is N#CCOc1ccccc1C=NNC(=O)N/N=C/c1ccccc1OCC#N. The summed E-state index contributed by atoms with van der Waals surface area (Å²) in [6.45, 7) is -0.180. The summed E-state index contributed by atoms with van der Waals surface area (Å²) in [7, 11) is 0. The third-order valence-corrected chi connectivity index (χ3v) is 3.16. The Labute approximate surface area is 161 Å². The smallest absolute Gasteiger partial charge is 0.355 e. The van der Waals surface area contributed by atoms with Crippen LogP contribution in [0.3, 0.4) is 0 Å². The maximum atomic E-state index is 11.7. The molecule has 0 saturated carbocycles. The number of amides is 2. The predicted molar refractivity (Wildman–Crippen MR) is 102 cm³/mol. The van der Waals surface area contributed by atoms with E-state index in [1.807, 2.05) is 12.1 Å². The van der Waals surface area contributed by atoms with E-state index >= 15 is 0 Å². The first-order chi connectivity index (χ1) is 13.7. The Morgan fingerprint density at radius 2 is 1.29 bits per heavy atom. The summed E-state index contributed by atoms with van der Waals surface area (Å²) in [6.07, 6.45) is 2.78. The number of urea groups is 1. The first-order valence-corrected chi connectivity index (χ1v) is 8.04. The van der Waals surface area contributed by atoms with Crippen molar-refractivity contribution in [1.29, 1.82) is 10.5 Å². The number of hydrogen-bond acceptors (Lipinski definition) is 7. The summed E-state index contributed by atoms with van der Waals surface area (Å²) in [5.74, 6) is 0.948. The maximum absolute atomic E-state index is 11.7. The van der Waals surface area contributed by atoms with Crippen LogP contribution in [0.4, 0.5) is 4.79 Å². The summed E-state index contributed by atoms with van der Waals surface area (Å²) in [4.78, 5) is 11.7. The Morgan fingerprint density at radius 1 is 0.857 bits per heavy atom. The fourth-order valence-electron chi connectivity index (χ4n) is 2.00. The van der Waals surface area contributed by atoms with Crippen molar-refractivity contribution in [2.75, 3.05) is 13.2 Å². The van der Waals surface area contributed by atoms with E-state index in [2.05, 4.69) is 21.1 Å². The minimum Gasteiger partial charge on any atom is -0.478 e. The molecule has 2 aromatic rings. The van der Waals surface area contributed by atoms with Crippen molar-refractivity contribution < 1.29 is 14.3 Å². The van der Waals surface area contributed by atoms with Crippen LogP contribution in [-0.2, 0) is 0 Å². The van der Waals surface area contributed by atoms with Crippen LogP contribution in [0.2, 0.25) is 0 Å². The molecule has 2 rings (SSSR count). The number of hydrazone groups is 2. The van der Waals surface area contributed by atoms with E-state index in [4.69, 9.17) is 20.0 Å². The molecule has 0 aliphatic heterocycles. The molecule has 0 aliphatic rings. The quantitative estimate of drug-likeness (QED) is 0.538. The minimum absolute atomic E-state index is 0.0902. The molecule has 0 fully saturated rings. The van der Waals surface area contributed by atoms with Gasteiger partial charge in [-0.25, -0.2) is 15.6 Å². The molecule has 0 unspecified atom stereocenters. The van der Waals surface area contributed by atoms with Gasteiger partial charge in [-0.3, -0.25) is 0 Å². The highest BCUT2D eigenvalue weighted by atomic mass is 16.5. The molecule has 0 radical (unpaired) electrons. The Morgan fingerprint density at radius 3 is 1.71 bits per heavy atom. The van der Waals surface area contributed by atoms with E-state index in [0.717, 1.165) is 0 Å². The monoisotopic (exact) mass is 376 g/mol. The van der Waals surface area contributed by atoms with E-state index in [9.17, 15) is 4.79 Å². The molecule has 28 heavy (non-hydrogen) atoms. The standard InChI is InChI=1S/C19H16N6O3/c20-9-11-27-17-7-3-1-5-15(17)13-22-24-19(26)25-23-14-16-6-2-4-8-18(16)28-12-10-21/h1-8,13-14H,11-12H2,(H2,24,25,26)/b22-13+,23-14?. The van der Waals surface area contributed by atoms with Gasteiger partial charge in [-0.05, 0) is 24.3 Å². The Hall–Kier alpha value is -4.37. The van der Waals surface area contributed by atoms with Crippen molar-refractivity contribution >= 4 is 18.5 Å². The van der Waals surface area contributed by atoms with E-state index in [0.29, 0.717) is 22.6 Å². The summed E-state index contributed by atoms with van der Waals surface area (Å²) < 4.78 is 10.5. The topological polar surface area (TPSA) is 132 Å². The molecular weight excluding hydrogens is 360 g/mol. The normalized spacial score (nSPS) is 10.2. The largest absolute Gasteiger partial charge is 0.478 e. The second kappa shape index (κ2) is 11.3. The van der Waals surface area contributed by atoms with Gasteiger partial charge in [0, 0.05) is 11.1 Å². The lowest BCUT2D eigenvalue weighted by Gasteiger charge is -2.05. The molecular formula is C19H16N6O3. The number of carbonyl (C=O) groups excluding carboxylic acids is 1. The van der Waals surface area contributed by atoms with Crippen LogP contribution in [0.5, 0.6) is 11.5 Å². The predicted octanol–water partition coefficient (Wildman–Crippen LogP) is 2.16. The summed E-state index contributed by atoms with van der Waals surface area (Å²) >= 11 is 0. The Kier molecular flexibility index (Phi) is 8.04. The molecule has 2 aromatic carbocycles. The number of para-hydroxylation sites is 2. The molecule has 2 N–H and O–H groups in total. The van der Waals surface area contributed by atoms with Gasteiger partial charge in [0.15, 0.2) is 13.2 Å². The highest BCUT2D eigenvalue weighted by Crippen LogP contribution is 2.16. The lowest BCUT2D eigenvalue weighted by Crippen LogP contribution is -2.28. The van der Waals surface area contributed by atoms with Gasteiger partial charge in [-0.1, -0.05) is 24.3 Å². The third-order valence-electron chi connectivity index (χ3n) is 3.16. The lowest BCUT2D eigenvalue weighted by atomic mass is 10.2. The number of rotatable bonds is 8. The fraction of sp³-hybridized carbons (Fsp3) is 0.105. The molecule has 0 bridgehead atoms. The second-order valence-corrected chi connectivity index (χ2v) is 5.04. The molecule has 0 spiro atoms. The first-order valence-electron chi connectivity index (χ1n) is 8.04. The van der Waals surface area contributed by atoms with Crippen LogP contribution in [0.25, 0.3) is 0 Å². The molecule has 9 nitrogen and oxygen atoms in total. The van der Waals surface area contributed by atoms with Gasteiger partial charge >= 0.3 is 6.03 Å². The van der Waals surface area contributed by atoms with Gasteiger partial charge < -0.3 is 9.47 Å². The van der Waals surface area contributed by atoms with Crippen LogP contribution in [0.1, 0.15) is 11.1 Å². The van der Waals surface area contributed by atoms with Gasteiger partial charge in [0.05, 0.1) is 12.4 Å². The van der Waals surface area contributed by atoms with Crippen LogP contribution in [0, 0.1) is 22.7 Å². The number of ether oxygens (including phenoxy) is 2. The number of nitriles is 2. The van der Waals surface area contributed by atoms with Gasteiger partial charge in [0.25, 0.3) is 0 Å². The summed E-state index contributed by atoms with van der Waals surface area (Å²) in [5.41, 5.74) is 5.72. The molecule has 9 heteroatoms. The highest BCUT2D eigenvalue weighted by Gasteiger charge is 2.02. The zero-order valence-electron chi connectivity index (χ0n) is 14.7. The zero-order valence-corrected chi connectivity index (χ0v) is 14.7. The van der Waals surface area contributed by atoms with Gasteiger partial charge in [0.2, 0.25) is 0 Å². The number of carbonyl (C=O) groups is 1. The number of nitrogens with zero attached hydrogens (tertiary/aromatic N) is 4.